The van der Waals surface area contributed by atoms with E-state index in [0.717, 1.165) is 48.6 Å². The second-order valence-corrected chi connectivity index (χ2v) is 6.04. The summed E-state index contributed by atoms with van der Waals surface area (Å²) in [5.41, 5.74) is 4.09. The Morgan fingerprint density at radius 1 is 1.27 bits per heavy atom. The van der Waals surface area contributed by atoms with Gasteiger partial charge in [0, 0.05) is 49.3 Å². The van der Waals surface area contributed by atoms with Crippen LogP contribution in [-0.4, -0.2) is 38.4 Å². The number of likely N-dealkylation sites (tertiary alicyclic amines) is 1. The van der Waals surface area contributed by atoms with Gasteiger partial charge in [-0.25, -0.2) is 9.97 Å². The van der Waals surface area contributed by atoms with Crippen molar-refractivity contribution in [2.45, 2.75) is 32.6 Å². The van der Waals surface area contributed by atoms with Crippen LogP contribution in [0.3, 0.4) is 0 Å². The van der Waals surface area contributed by atoms with Crippen molar-refractivity contribution in [3.05, 3.63) is 47.3 Å². The van der Waals surface area contributed by atoms with Crippen LogP contribution in [0.1, 0.15) is 46.2 Å². The van der Waals surface area contributed by atoms with Crippen LogP contribution in [0.2, 0.25) is 0 Å². The van der Waals surface area contributed by atoms with E-state index < -0.39 is 0 Å². The smallest absolute Gasteiger partial charge is 0.255 e. The van der Waals surface area contributed by atoms with Gasteiger partial charge in [0.1, 0.15) is 6.33 Å². The Labute approximate surface area is 131 Å². The number of aromatic nitrogens is 3. The van der Waals surface area contributed by atoms with Gasteiger partial charge in [-0.2, -0.15) is 0 Å². The number of carbonyl (C=O) groups excluding carboxylic acids is 1. The van der Waals surface area contributed by atoms with E-state index in [4.69, 9.17) is 0 Å². The van der Waals surface area contributed by atoms with Crippen molar-refractivity contribution in [3.63, 3.8) is 0 Å². The van der Waals surface area contributed by atoms with Crippen LogP contribution in [0.15, 0.2) is 24.7 Å². The van der Waals surface area contributed by atoms with Crippen molar-refractivity contribution in [3.8, 4) is 0 Å². The Hall–Kier alpha value is -2.17. The Morgan fingerprint density at radius 2 is 2.00 bits per heavy atom. The molecule has 116 valence electrons. The van der Waals surface area contributed by atoms with Gasteiger partial charge in [-0.15, -0.1) is 0 Å². The highest BCUT2D eigenvalue weighted by Gasteiger charge is 2.26. The minimum atomic E-state index is 0.155. The van der Waals surface area contributed by atoms with Crippen molar-refractivity contribution in [1.82, 2.24) is 19.4 Å². The summed E-state index contributed by atoms with van der Waals surface area (Å²) in [7, 11) is 2.00. The first kappa shape index (κ1) is 14.8. The highest BCUT2D eigenvalue weighted by molar-refractivity contribution is 5.95. The van der Waals surface area contributed by atoms with Crippen LogP contribution < -0.4 is 0 Å². The summed E-state index contributed by atoms with van der Waals surface area (Å²) in [6, 6.07) is 3.97. The molecule has 1 aliphatic rings. The molecule has 0 unspecified atom stereocenters. The molecule has 1 saturated heterocycles. The normalized spacial score (nSPS) is 16.0. The average molecular weight is 298 g/mol. The van der Waals surface area contributed by atoms with E-state index in [1.165, 1.54) is 0 Å². The van der Waals surface area contributed by atoms with Crippen molar-refractivity contribution in [2.24, 2.45) is 7.05 Å². The van der Waals surface area contributed by atoms with Gasteiger partial charge in [0.15, 0.2) is 0 Å². The van der Waals surface area contributed by atoms with Crippen LogP contribution in [-0.2, 0) is 7.05 Å². The van der Waals surface area contributed by atoms with Crippen LogP contribution in [0.25, 0.3) is 0 Å². The molecule has 3 rings (SSSR count). The summed E-state index contributed by atoms with van der Waals surface area (Å²) >= 11 is 0. The maximum atomic E-state index is 12.7. The van der Waals surface area contributed by atoms with Gasteiger partial charge < -0.3 is 9.47 Å². The first-order valence-electron chi connectivity index (χ1n) is 7.76. The van der Waals surface area contributed by atoms with E-state index in [2.05, 4.69) is 14.5 Å². The number of hydrogen-bond acceptors (Lipinski definition) is 3. The predicted octanol–water partition coefficient (Wildman–Crippen LogP) is 2.45. The fourth-order valence-electron chi connectivity index (χ4n) is 3.16. The monoisotopic (exact) mass is 298 g/mol. The lowest BCUT2D eigenvalue weighted by atomic mass is 9.93. The van der Waals surface area contributed by atoms with Gasteiger partial charge in [0.05, 0.1) is 5.56 Å². The Morgan fingerprint density at radius 3 is 2.55 bits per heavy atom. The number of piperidine rings is 1. The lowest BCUT2D eigenvalue weighted by Gasteiger charge is -2.31. The molecule has 0 aliphatic carbocycles. The molecule has 1 aliphatic heterocycles. The third-order valence-corrected chi connectivity index (χ3v) is 4.81. The minimum absolute atomic E-state index is 0.155. The SMILES string of the molecule is Cc1cc(C(=O)N2CCC(c3ccncn3)CC2)c(C)n1C. The fourth-order valence-corrected chi connectivity index (χ4v) is 3.16. The molecule has 2 aromatic heterocycles. The maximum absolute atomic E-state index is 12.7. The summed E-state index contributed by atoms with van der Waals surface area (Å²) in [5, 5.41) is 0. The molecule has 1 amide bonds. The molecule has 5 nitrogen and oxygen atoms in total. The van der Waals surface area contributed by atoms with E-state index in [9.17, 15) is 4.79 Å². The van der Waals surface area contributed by atoms with Crippen LogP contribution in [0, 0.1) is 13.8 Å². The van der Waals surface area contributed by atoms with Gasteiger partial charge >= 0.3 is 0 Å². The zero-order valence-corrected chi connectivity index (χ0v) is 13.4. The topological polar surface area (TPSA) is 51.0 Å². The molecule has 1 fully saturated rings. The van der Waals surface area contributed by atoms with Gasteiger partial charge in [-0.3, -0.25) is 4.79 Å². The third-order valence-electron chi connectivity index (χ3n) is 4.81. The first-order valence-corrected chi connectivity index (χ1v) is 7.76. The summed E-state index contributed by atoms with van der Waals surface area (Å²) < 4.78 is 2.07. The lowest BCUT2D eigenvalue weighted by Crippen LogP contribution is -2.38. The molecule has 0 atom stereocenters. The summed E-state index contributed by atoms with van der Waals surface area (Å²) in [6.07, 6.45) is 5.32. The third kappa shape index (κ3) is 2.63. The van der Waals surface area contributed by atoms with E-state index in [1.54, 1.807) is 12.5 Å². The van der Waals surface area contributed by atoms with Crippen LogP contribution >= 0.6 is 0 Å². The number of carbonyl (C=O) groups is 1. The fraction of sp³-hybridized carbons (Fsp3) is 0.471. The minimum Gasteiger partial charge on any atom is -0.351 e. The van der Waals surface area contributed by atoms with Crippen LogP contribution in [0.5, 0.6) is 0 Å². The zero-order valence-electron chi connectivity index (χ0n) is 13.4. The lowest BCUT2D eigenvalue weighted by molar-refractivity contribution is 0.0711. The molecular weight excluding hydrogens is 276 g/mol. The number of hydrogen-bond donors (Lipinski definition) is 0. The van der Waals surface area contributed by atoms with Gasteiger partial charge in [-0.05, 0) is 38.8 Å². The molecule has 22 heavy (non-hydrogen) atoms. The number of aryl methyl sites for hydroxylation is 1. The number of amides is 1. The summed E-state index contributed by atoms with van der Waals surface area (Å²) in [4.78, 5) is 23.0. The molecule has 0 spiro atoms. The Kier molecular flexibility index (Phi) is 3.96. The van der Waals surface area contributed by atoms with Crippen molar-refractivity contribution in [2.75, 3.05) is 13.1 Å². The highest BCUT2D eigenvalue weighted by atomic mass is 16.2. The molecule has 3 heterocycles. The molecule has 0 aromatic carbocycles. The van der Waals surface area contributed by atoms with Crippen molar-refractivity contribution >= 4 is 5.91 Å². The van der Waals surface area contributed by atoms with E-state index >= 15 is 0 Å². The quantitative estimate of drug-likeness (QED) is 0.855. The number of rotatable bonds is 2. The molecule has 0 saturated carbocycles. The molecule has 0 radical (unpaired) electrons. The van der Waals surface area contributed by atoms with E-state index in [-0.39, 0.29) is 5.91 Å². The molecule has 2 aromatic rings. The molecule has 0 bridgehead atoms. The standard InChI is InChI=1S/C17H22N4O/c1-12-10-15(13(2)20(12)3)17(22)21-8-5-14(6-9-21)16-4-7-18-11-19-16/h4,7,10-11,14H,5-6,8-9H2,1-3H3. The molecule has 5 heteroatoms. The largest absolute Gasteiger partial charge is 0.351 e. The Bertz CT molecular complexity index is 669. The van der Waals surface area contributed by atoms with Crippen LogP contribution in [0.4, 0.5) is 0 Å². The van der Waals surface area contributed by atoms with Gasteiger partial charge in [-0.1, -0.05) is 0 Å². The van der Waals surface area contributed by atoms with Crippen molar-refractivity contribution in [1.29, 1.82) is 0 Å². The second-order valence-electron chi connectivity index (χ2n) is 6.04. The Balaban J connectivity index is 1.68. The molecule has 0 N–H and O–H groups in total. The van der Waals surface area contributed by atoms with Gasteiger partial charge in [0.2, 0.25) is 0 Å². The zero-order chi connectivity index (χ0) is 15.7. The average Bonchev–Trinajstić information content (AvgIpc) is 2.83. The predicted molar refractivity (Wildman–Crippen MR) is 84.8 cm³/mol. The number of nitrogens with zero attached hydrogens (tertiary/aromatic N) is 4. The van der Waals surface area contributed by atoms with Gasteiger partial charge in [0.25, 0.3) is 5.91 Å². The highest BCUT2D eigenvalue weighted by Crippen LogP contribution is 2.27. The first-order chi connectivity index (χ1) is 10.6. The summed E-state index contributed by atoms with van der Waals surface area (Å²) in [6.45, 7) is 5.63. The van der Waals surface area contributed by atoms with Crippen molar-refractivity contribution < 1.29 is 4.79 Å². The summed E-state index contributed by atoms with van der Waals surface area (Å²) in [5.74, 6) is 0.591. The molecular formula is C17H22N4O. The van der Waals surface area contributed by atoms with E-state index in [0.29, 0.717) is 5.92 Å². The second kappa shape index (κ2) is 5.91. The van der Waals surface area contributed by atoms with E-state index in [1.807, 2.05) is 37.9 Å². The maximum Gasteiger partial charge on any atom is 0.255 e.